The average molecular weight is 1150 g/mol. The molecule has 1 aromatic rings. The minimum Gasteiger partial charge on any atom is -0.481 e. The van der Waals surface area contributed by atoms with Crippen LogP contribution in [0.3, 0.4) is 0 Å². The first-order chi connectivity index (χ1) is 36.9. The zero-order chi connectivity index (χ0) is 62.9. The lowest BCUT2D eigenvalue weighted by atomic mass is 9.76. The Hall–Kier alpha value is -7.34. The molecule has 0 aliphatic carbocycles. The first-order valence-electron chi connectivity index (χ1n) is 26.9. The van der Waals surface area contributed by atoms with Gasteiger partial charge < -0.3 is 67.7 Å². The third-order valence-corrected chi connectivity index (χ3v) is 13.2. The fourth-order valence-corrected chi connectivity index (χ4v) is 8.33. The van der Waals surface area contributed by atoms with Gasteiger partial charge in [-0.2, -0.15) is 0 Å². The highest BCUT2D eigenvalue weighted by molar-refractivity contribution is 5.98. The number of alkyl carbamates (subject to hydrolysis) is 1. The van der Waals surface area contributed by atoms with Crippen LogP contribution in [0.1, 0.15) is 149 Å². The normalized spacial score (nSPS) is 15.7. The largest absolute Gasteiger partial charge is 0.481 e. The molecule has 0 saturated carbocycles. The number of esters is 1. The highest BCUT2D eigenvalue weighted by atomic mass is 16.6. The first-order valence-corrected chi connectivity index (χ1v) is 26.9. The summed E-state index contributed by atoms with van der Waals surface area (Å²) in [5.41, 5.74) is 1.79. The predicted molar refractivity (Wildman–Crippen MR) is 296 cm³/mol. The maximum Gasteiger partial charge on any atom is 0.408 e. The van der Waals surface area contributed by atoms with Crippen LogP contribution in [0.4, 0.5) is 4.79 Å². The Labute approximate surface area is 474 Å². The maximum absolute atomic E-state index is 14.7. The van der Waals surface area contributed by atoms with E-state index in [1.165, 1.54) is 20.8 Å². The SMILES string of the molecule is CC(C)[C@H](NC(=O)OCc1ccccc1)C(=O)N[C@H](C(=O)N[C@@H](CC(C(=O)O)C(C)(C)C)C(=O)N[C@@H](CC(C(=O)O)C(C)(C)C)C(=O)N[C@@H](C)C(=O)N[C@@H](CC(C(=O)O)C(C)(C)C)C(=O)N[C@@H](CC(N)=O)C(=O)OC(C)(C)C)C(C)C. The van der Waals surface area contributed by atoms with Crippen molar-refractivity contribution in [1.29, 1.82) is 0 Å². The van der Waals surface area contributed by atoms with E-state index in [0.29, 0.717) is 5.56 Å². The van der Waals surface area contributed by atoms with Crippen LogP contribution < -0.4 is 43.0 Å². The lowest BCUT2D eigenvalue weighted by Crippen LogP contribution is -2.61. The lowest BCUT2D eigenvalue weighted by molar-refractivity contribution is -0.160. The molecular formula is C56H90N8O17. The number of rotatable bonds is 29. The van der Waals surface area contributed by atoms with Gasteiger partial charge in [-0.15, -0.1) is 0 Å². The van der Waals surface area contributed by atoms with Gasteiger partial charge in [-0.1, -0.05) is 120 Å². The van der Waals surface area contributed by atoms with Crippen LogP contribution in [0.25, 0.3) is 0 Å². The van der Waals surface area contributed by atoms with Crippen molar-refractivity contribution in [1.82, 2.24) is 37.2 Å². The Balaban J connectivity index is 3.82. The molecule has 0 heterocycles. The quantitative estimate of drug-likeness (QED) is 0.0513. The van der Waals surface area contributed by atoms with Gasteiger partial charge in [0.05, 0.1) is 24.2 Å². The molecule has 8 amide bonds. The molecule has 456 valence electrons. The molecule has 0 fully saturated rings. The molecule has 81 heavy (non-hydrogen) atoms. The topological polar surface area (TPSA) is 394 Å². The van der Waals surface area contributed by atoms with Crippen LogP contribution >= 0.6 is 0 Å². The van der Waals surface area contributed by atoms with Gasteiger partial charge in [0.25, 0.3) is 0 Å². The maximum atomic E-state index is 14.7. The number of aliphatic carboxylic acids is 3. The van der Waals surface area contributed by atoms with Crippen molar-refractivity contribution in [2.24, 2.45) is 51.6 Å². The third-order valence-electron chi connectivity index (χ3n) is 13.2. The van der Waals surface area contributed by atoms with E-state index in [-0.39, 0.29) is 6.61 Å². The van der Waals surface area contributed by atoms with Crippen molar-refractivity contribution < 1.29 is 82.3 Å². The molecule has 0 aliphatic heterocycles. The molecule has 0 bridgehead atoms. The molecule has 1 aromatic carbocycles. The van der Waals surface area contributed by atoms with E-state index in [9.17, 15) is 72.9 Å². The Kier molecular flexibility index (Phi) is 27.0. The minimum absolute atomic E-state index is 0.105. The summed E-state index contributed by atoms with van der Waals surface area (Å²) in [7, 11) is 0. The van der Waals surface area contributed by atoms with Gasteiger partial charge in [0, 0.05) is 0 Å². The predicted octanol–water partition coefficient (Wildman–Crippen LogP) is 3.15. The summed E-state index contributed by atoms with van der Waals surface area (Å²) in [4.78, 5) is 162. The molecule has 0 aliphatic rings. The van der Waals surface area contributed by atoms with Gasteiger partial charge >= 0.3 is 30.0 Å². The van der Waals surface area contributed by atoms with E-state index >= 15 is 0 Å². The number of carbonyl (C=O) groups is 12. The van der Waals surface area contributed by atoms with Crippen LogP contribution in [0.15, 0.2) is 30.3 Å². The Bertz CT molecular complexity index is 2400. The number of benzene rings is 1. The molecule has 12 N–H and O–H groups in total. The molecular weight excluding hydrogens is 1060 g/mol. The number of carbonyl (C=O) groups excluding carboxylic acids is 9. The van der Waals surface area contributed by atoms with Crippen molar-refractivity contribution in [2.75, 3.05) is 0 Å². The van der Waals surface area contributed by atoms with Crippen LogP contribution in [0.2, 0.25) is 0 Å². The van der Waals surface area contributed by atoms with Crippen molar-refractivity contribution in [3.05, 3.63) is 35.9 Å². The molecule has 0 saturated heterocycles. The molecule has 3 unspecified atom stereocenters. The second kappa shape index (κ2) is 30.5. The van der Waals surface area contributed by atoms with E-state index in [2.05, 4.69) is 37.2 Å². The van der Waals surface area contributed by atoms with Crippen LogP contribution in [-0.4, -0.2) is 135 Å². The smallest absolute Gasteiger partial charge is 0.408 e. The van der Waals surface area contributed by atoms with Gasteiger partial charge in [0.1, 0.15) is 54.5 Å². The number of primary amides is 1. The van der Waals surface area contributed by atoms with Crippen molar-refractivity contribution in [3.8, 4) is 0 Å². The molecule has 10 atom stereocenters. The van der Waals surface area contributed by atoms with E-state index in [4.69, 9.17) is 15.2 Å². The highest BCUT2D eigenvalue weighted by Gasteiger charge is 2.43. The molecule has 0 spiro atoms. The van der Waals surface area contributed by atoms with E-state index < -0.39 is 191 Å². The zero-order valence-electron chi connectivity index (χ0n) is 50.0. The van der Waals surface area contributed by atoms with E-state index in [1.807, 2.05) is 0 Å². The Morgan fingerprint density at radius 2 is 0.815 bits per heavy atom. The highest BCUT2D eigenvalue weighted by Crippen LogP contribution is 2.33. The number of carboxylic acid groups (broad SMARTS) is 3. The summed E-state index contributed by atoms with van der Waals surface area (Å²) < 4.78 is 10.7. The second-order valence-electron chi connectivity index (χ2n) is 25.3. The van der Waals surface area contributed by atoms with Gasteiger partial charge in [-0.05, 0) is 80.6 Å². The van der Waals surface area contributed by atoms with Gasteiger partial charge in [-0.3, -0.25) is 47.9 Å². The van der Waals surface area contributed by atoms with Gasteiger partial charge in [0.2, 0.25) is 41.4 Å². The molecule has 1 rings (SSSR count). The fourth-order valence-electron chi connectivity index (χ4n) is 8.33. The van der Waals surface area contributed by atoms with Crippen molar-refractivity contribution in [2.45, 2.75) is 198 Å². The molecule has 0 aromatic heterocycles. The average Bonchev–Trinajstić information content (AvgIpc) is 3.30. The second-order valence-corrected chi connectivity index (χ2v) is 25.3. The Morgan fingerprint density at radius 1 is 0.469 bits per heavy atom. The summed E-state index contributed by atoms with van der Waals surface area (Å²) in [6.07, 6.45) is -3.49. The fraction of sp³-hybridized carbons (Fsp3) is 0.679. The summed E-state index contributed by atoms with van der Waals surface area (Å²) in [6.45, 7) is 26.2. The van der Waals surface area contributed by atoms with Crippen LogP contribution in [0, 0.1) is 45.8 Å². The van der Waals surface area contributed by atoms with Crippen molar-refractivity contribution in [3.63, 3.8) is 0 Å². The third kappa shape index (κ3) is 24.9. The van der Waals surface area contributed by atoms with E-state index in [0.717, 1.165) is 6.92 Å². The van der Waals surface area contributed by atoms with Crippen molar-refractivity contribution >= 4 is 71.3 Å². The number of hydrogen-bond acceptors (Lipinski definition) is 14. The number of ether oxygens (including phenoxy) is 2. The first kappa shape index (κ1) is 71.7. The standard InChI is InChI=1S/C56H90N8O17/c1-28(2)40(63-47(71)41(29(3)4)64-52(79)80-27-31-21-19-18-20-22-31)46(70)61-37(25-34(50(76)77)55(12,13)14)44(68)60-35(23-32(48(72)73)53(6,7)8)43(67)58-30(5)42(66)59-36(24-33(49(74)75)54(9,10)11)45(69)62-38(26-39(57)65)51(78)81-56(15,16)17/h18-22,28-30,32-38,40-41H,23-27H2,1-17H3,(H2,57,65)(H,58,67)(H,59,66)(H,60,68)(H,61,70)(H,62,69)(H,63,71)(H,64,79)(H,72,73)(H,74,75)(H,76,77)/t30-,32?,33?,34?,35-,36-,37-,38-,40-,41-/m0/s1. The number of amides is 8. The number of nitrogens with two attached hydrogens (primary N) is 1. The summed E-state index contributed by atoms with van der Waals surface area (Å²) in [5, 5.41) is 48.3. The number of hydrogen-bond donors (Lipinski definition) is 11. The zero-order valence-corrected chi connectivity index (χ0v) is 50.0. The Morgan fingerprint density at radius 3 is 1.17 bits per heavy atom. The molecule has 0 radical (unpaired) electrons. The summed E-state index contributed by atoms with van der Waals surface area (Å²) >= 11 is 0. The lowest BCUT2D eigenvalue weighted by Gasteiger charge is -2.34. The minimum atomic E-state index is -1.84. The summed E-state index contributed by atoms with van der Waals surface area (Å²) in [6, 6.07) is -2.61. The van der Waals surface area contributed by atoms with Gasteiger partial charge in [0.15, 0.2) is 0 Å². The number of carboxylic acids is 3. The van der Waals surface area contributed by atoms with Crippen LogP contribution in [-0.2, 0) is 68.8 Å². The number of nitrogens with one attached hydrogen (secondary N) is 7. The monoisotopic (exact) mass is 1150 g/mol. The summed E-state index contributed by atoms with van der Waals surface area (Å²) in [5.74, 6) is -17.8. The molecule has 25 nitrogen and oxygen atoms in total. The van der Waals surface area contributed by atoms with Crippen LogP contribution in [0.5, 0.6) is 0 Å². The molecule has 25 heteroatoms. The van der Waals surface area contributed by atoms with Gasteiger partial charge in [-0.25, -0.2) is 9.59 Å². The van der Waals surface area contributed by atoms with E-state index in [1.54, 1.807) is 120 Å².